The van der Waals surface area contributed by atoms with Gasteiger partial charge in [0.1, 0.15) is 0 Å². The molecule has 88 valence electrons. The van der Waals surface area contributed by atoms with Crippen LogP contribution in [-0.4, -0.2) is 37.2 Å². The van der Waals surface area contributed by atoms with Gasteiger partial charge in [-0.25, -0.2) is 0 Å². The van der Waals surface area contributed by atoms with Gasteiger partial charge in [0.15, 0.2) is 0 Å². The maximum absolute atomic E-state index is 5.89. The van der Waals surface area contributed by atoms with Gasteiger partial charge in [0.25, 0.3) is 0 Å². The van der Waals surface area contributed by atoms with Gasteiger partial charge in [0.05, 0.1) is 6.10 Å². The van der Waals surface area contributed by atoms with Crippen LogP contribution in [0.15, 0.2) is 0 Å². The van der Waals surface area contributed by atoms with Crippen LogP contribution >= 0.6 is 0 Å². The zero-order valence-corrected chi connectivity index (χ0v) is 10.1. The second kappa shape index (κ2) is 5.86. The van der Waals surface area contributed by atoms with Crippen molar-refractivity contribution in [3.63, 3.8) is 0 Å². The predicted octanol–water partition coefficient (Wildman–Crippen LogP) is 2.68. The third-order valence-corrected chi connectivity index (χ3v) is 3.87. The molecule has 2 heteroatoms. The highest BCUT2D eigenvalue weighted by atomic mass is 16.5. The molecule has 2 rings (SSSR count). The summed E-state index contributed by atoms with van der Waals surface area (Å²) in [5.74, 6) is 0.846. The summed E-state index contributed by atoms with van der Waals surface area (Å²) < 4.78 is 5.89. The molecule has 0 amide bonds. The molecule has 1 saturated carbocycles. The lowest BCUT2D eigenvalue weighted by molar-refractivity contribution is -0.0258. The van der Waals surface area contributed by atoms with Crippen LogP contribution in [0.1, 0.15) is 45.4 Å². The summed E-state index contributed by atoms with van der Waals surface area (Å²) in [5.41, 5.74) is 0. The standard InChI is InChI=1S/C13H25NO/c1-2-8-14-9-6-12(7-10-14)11-15-13-4-3-5-13/h12-13H,2-11H2,1H3. The molecule has 1 aliphatic heterocycles. The lowest BCUT2D eigenvalue weighted by atomic mass is 9.94. The Morgan fingerprint density at radius 2 is 1.87 bits per heavy atom. The Bertz CT molecular complexity index is 171. The van der Waals surface area contributed by atoms with Crippen LogP contribution in [0, 0.1) is 5.92 Å². The highest BCUT2D eigenvalue weighted by Crippen LogP contribution is 2.24. The van der Waals surface area contributed by atoms with E-state index in [4.69, 9.17) is 4.74 Å². The Morgan fingerprint density at radius 3 is 2.40 bits per heavy atom. The van der Waals surface area contributed by atoms with Crippen molar-refractivity contribution in [1.82, 2.24) is 4.90 Å². The largest absolute Gasteiger partial charge is 0.378 e. The molecule has 1 saturated heterocycles. The quantitative estimate of drug-likeness (QED) is 0.693. The van der Waals surface area contributed by atoms with Gasteiger partial charge in [-0.2, -0.15) is 0 Å². The maximum atomic E-state index is 5.89. The Labute approximate surface area is 94.0 Å². The summed E-state index contributed by atoms with van der Waals surface area (Å²) >= 11 is 0. The number of hydrogen-bond acceptors (Lipinski definition) is 2. The monoisotopic (exact) mass is 211 g/mol. The minimum atomic E-state index is 0.624. The highest BCUT2D eigenvalue weighted by Gasteiger charge is 2.22. The smallest absolute Gasteiger partial charge is 0.0575 e. The van der Waals surface area contributed by atoms with Crippen molar-refractivity contribution in [3.8, 4) is 0 Å². The van der Waals surface area contributed by atoms with Gasteiger partial charge in [-0.05, 0) is 64.1 Å². The topological polar surface area (TPSA) is 12.5 Å². The molecular weight excluding hydrogens is 186 g/mol. The Morgan fingerprint density at radius 1 is 1.13 bits per heavy atom. The van der Waals surface area contributed by atoms with Gasteiger partial charge < -0.3 is 9.64 Å². The number of rotatable bonds is 5. The molecule has 1 heterocycles. The van der Waals surface area contributed by atoms with E-state index < -0.39 is 0 Å². The zero-order valence-electron chi connectivity index (χ0n) is 10.1. The van der Waals surface area contributed by atoms with Gasteiger partial charge in [-0.1, -0.05) is 6.92 Å². The molecule has 2 aliphatic rings. The predicted molar refractivity (Wildman–Crippen MR) is 63.0 cm³/mol. The molecule has 0 radical (unpaired) electrons. The van der Waals surface area contributed by atoms with Crippen molar-refractivity contribution in [2.24, 2.45) is 5.92 Å². The second-order valence-electron chi connectivity index (χ2n) is 5.17. The van der Waals surface area contributed by atoms with E-state index in [-0.39, 0.29) is 0 Å². The average molecular weight is 211 g/mol. The fourth-order valence-corrected chi connectivity index (χ4v) is 2.50. The summed E-state index contributed by atoms with van der Waals surface area (Å²) in [6.07, 6.45) is 8.64. The first-order chi connectivity index (χ1) is 7.38. The molecule has 0 bridgehead atoms. The van der Waals surface area contributed by atoms with Crippen molar-refractivity contribution in [2.45, 2.75) is 51.6 Å². The number of likely N-dealkylation sites (tertiary alicyclic amines) is 1. The lowest BCUT2D eigenvalue weighted by Crippen LogP contribution is -2.36. The van der Waals surface area contributed by atoms with E-state index >= 15 is 0 Å². The molecule has 0 spiro atoms. The minimum Gasteiger partial charge on any atom is -0.378 e. The summed E-state index contributed by atoms with van der Waals surface area (Å²) in [6, 6.07) is 0. The van der Waals surface area contributed by atoms with Gasteiger partial charge >= 0.3 is 0 Å². The Kier molecular flexibility index (Phi) is 4.45. The van der Waals surface area contributed by atoms with Crippen LogP contribution in [0.3, 0.4) is 0 Å². The molecule has 0 N–H and O–H groups in total. The number of piperidine rings is 1. The van der Waals surface area contributed by atoms with E-state index in [9.17, 15) is 0 Å². The fraction of sp³-hybridized carbons (Fsp3) is 1.00. The summed E-state index contributed by atoms with van der Waals surface area (Å²) in [5, 5.41) is 0. The lowest BCUT2D eigenvalue weighted by Gasteiger charge is -2.33. The maximum Gasteiger partial charge on any atom is 0.0575 e. The van der Waals surface area contributed by atoms with Crippen LogP contribution in [0.2, 0.25) is 0 Å². The van der Waals surface area contributed by atoms with E-state index in [0.717, 1.165) is 12.5 Å². The number of nitrogens with zero attached hydrogens (tertiary/aromatic N) is 1. The van der Waals surface area contributed by atoms with Crippen LogP contribution in [0.5, 0.6) is 0 Å². The normalized spacial score (nSPS) is 25.4. The van der Waals surface area contributed by atoms with Gasteiger partial charge in [0.2, 0.25) is 0 Å². The molecule has 15 heavy (non-hydrogen) atoms. The average Bonchev–Trinajstić information content (AvgIpc) is 2.19. The van der Waals surface area contributed by atoms with Crippen molar-refractivity contribution in [1.29, 1.82) is 0 Å². The molecule has 0 unspecified atom stereocenters. The van der Waals surface area contributed by atoms with E-state index in [1.807, 2.05) is 0 Å². The molecule has 0 aromatic heterocycles. The van der Waals surface area contributed by atoms with Gasteiger partial charge in [-0.15, -0.1) is 0 Å². The van der Waals surface area contributed by atoms with Gasteiger partial charge in [-0.3, -0.25) is 0 Å². The number of hydrogen-bond donors (Lipinski definition) is 0. The van der Waals surface area contributed by atoms with Crippen molar-refractivity contribution >= 4 is 0 Å². The van der Waals surface area contributed by atoms with Crippen molar-refractivity contribution < 1.29 is 4.74 Å². The van der Waals surface area contributed by atoms with E-state index in [1.54, 1.807) is 0 Å². The third-order valence-electron chi connectivity index (χ3n) is 3.87. The fourth-order valence-electron chi connectivity index (χ4n) is 2.50. The molecule has 0 aromatic rings. The molecule has 1 aliphatic carbocycles. The number of ether oxygens (including phenoxy) is 1. The molecule has 0 atom stereocenters. The van der Waals surface area contributed by atoms with Crippen molar-refractivity contribution in [3.05, 3.63) is 0 Å². The molecule has 2 nitrogen and oxygen atoms in total. The van der Waals surface area contributed by atoms with E-state index in [2.05, 4.69) is 11.8 Å². The third kappa shape index (κ3) is 3.46. The molecule has 2 fully saturated rings. The van der Waals surface area contributed by atoms with Crippen LogP contribution < -0.4 is 0 Å². The van der Waals surface area contributed by atoms with Crippen LogP contribution in [0.25, 0.3) is 0 Å². The van der Waals surface area contributed by atoms with Crippen LogP contribution in [0.4, 0.5) is 0 Å². The molecule has 0 aromatic carbocycles. The Balaban J connectivity index is 1.56. The zero-order chi connectivity index (χ0) is 10.5. The van der Waals surface area contributed by atoms with Crippen molar-refractivity contribution in [2.75, 3.05) is 26.2 Å². The highest BCUT2D eigenvalue weighted by molar-refractivity contribution is 4.74. The van der Waals surface area contributed by atoms with Crippen LogP contribution in [-0.2, 0) is 4.74 Å². The Hall–Kier alpha value is -0.0800. The van der Waals surface area contributed by atoms with E-state index in [0.29, 0.717) is 6.10 Å². The van der Waals surface area contributed by atoms with Gasteiger partial charge in [0, 0.05) is 6.61 Å². The van der Waals surface area contributed by atoms with E-state index in [1.165, 1.54) is 58.2 Å². The first kappa shape index (κ1) is 11.4. The summed E-state index contributed by atoms with van der Waals surface area (Å²) in [4.78, 5) is 2.60. The SMILES string of the molecule is CCCN1CCC(COC2CCC2)CC1. The minimum absolute atomic E-state index is 0.624. The molecular formula is C13H25NO. The summed E-state index contributed by atoms with van der Waals surface area (Å²) in [7, 11) is 0. The first-order valence-electron chi connectivity index (χ1n) is 6.72. The first-order valence-corrected chi connectivity index (χ1v) is 6.72. The summed E-state index contributed by atoms with van der Waals surface area (Å²) in [6.45, 7) is 7.19. The second-order valence-corrected chi connectivity index (χ2v) is 5.17.